The lowest BCUT2D eigenvalue weighted by Crippen LogP contribution is -2.38. The zero-order valence-electron chi connectivity index (χ0n) is 17.9. The maximum Gasteiger partial charge on any atom is 0.246 e. The van der Waals surface area contributed by atoms with E-state index in [9.17, 15) is 4.79 Å². The number of carbonyl (C=O) groups excluding carboxylic acids is 1. The van der Waals surface area contributed by atoms with Crippen molar-refractivity contribution in [1.29, 1.82) is 0 Å². The van der Waals surface area contributed by atoms with E-state index in [1.165, 1.54) is 0 Å². The number of piperidine rings is 1. The lowest BCUT2D eigenvalue weighted by atomic mass is 9.92. The highest BCUT2D eigenvalue weighted by molar-refractivity contribution is 7.98. The number of aryl methyl sites for hydroxylation is 1. The van der Waals surface area contributed by atoms with Gasteiger partial charge in [-0.2, -0.15) is 0 Å². The number of thioether (sulfide) groups is 1. The number of rotatable bonds is 6. The van der Waals surface area contributed by atoms with Crippen LogP contribution in [-0.2, 0) is 10.5 Å². The molecule has 0 saturated carbocycles. The Kier molecular flexibility index (Phi) is 7.55. The summed E-state index contributed by atoms with van der Waals surface area (Å²) in [5, 5.41) is 1.39. The quantitative estimate of drug-likeness (QED) is 0.272. The summed E-state index contributed by atoms with van der Waals surface area (Å²) in [6.07, 6.45) is 9.06. The van der Waals surface area contributed by atoms with Crippen molar-refractivity contribution in [2.24, 2.45) is 0 Å². The Morgan fingerprint density at radius 1 is 1.22 bits per heavy atom. The molecular weight excluding hydrogens is 440 g/mol. The minimum atomic E-state index is 0.00563. The zero-order chi connectivity index (χ0) is 22.3. The summed E-state index contributed by atoms with van der Waals surface area (Å²) in [5.41, 5.74) is 3.95. The van der Waals surface area contributed by atoms with Crippen LogP contribution in [0.1, 0.15) is 41.3 Å². The van der Waals surface area contributed by atoms with Gasteiger partial charge in [0.25, 0.3) is 0 Å². The van der Waals surface area contributed by atoms with Crippen molar-refractivity contribution in [1.82, 2.24) is 19.9 Å². The minimum Gasteiger partial charge on any atom is -0.338 e. The maximum atomic E-state index is 12.8. The van der Waals surface area contributed by atoms with E-state index < -0.39 is 0 Å². The lowest BCUT2D eigenvalue weighted by Gasteiger charge is -2.32. The molecule has 1 aromatic carbocycles. The number of pyridine rings is 1. The molecule has 1 aliphatic heterocycles. The van der Waals surface area contributed by atoms with Gasteiger partial charge in [-0.25, -0.2) is 9.97 Å². The molecule has 2 aromatic heterocycles. The smallest absolute Gasteiger partial charge is 0.246 e. The lowest BCUT2D eigenvalue weighted by molar-refractivity contribution is -0.127. The SMILES string of the molecule is Cc1cnc(SCc2ccccn2)nc1[C@@H]1CCCN(C(=O)/C=C/c2ccccc2Cl)C1. The van der Waals surface area contributed by atoms with Crippen LogP contribution in [0.4, 0.5) is 0 Å². The van der Waals surface area contributed by atoms with E-state index >= 15 is 0 Å². The molecule has 1 fully saturated rings. The van der Waals surface area contributed by atoms with Crippen molar-refractivity contribution in [3.05, 3.63) is 88.5 Å². The molecule has 164 valence electrons. The average molecular weight is 465 g/mol. The van der Waals surface area contributed by atoms with Crippen LogP contribution in [0.5, 0.6) is 0 Å². The summed E-state index contributed by atoms with van der Waals surface area (Å²) >= 11 is 7.78. The Hall–Kier alpha value is -2.70. The molecule has 1 aliphatic rings. The highest BCUT2D eigenvalue weighted by atomic mass is 35.5. The molecule has 1 amide bonds. The fraction of sp³-hybridized carbons (Fsp3) is 0.280. The summed E-state index contributed by atoms with van der Waals surface area (Å²) in [4.78, 5) is 28.4. The first-order chi connectivity index (χ1) is 15.6. The number of nitrogens with zero attached hydrogens (tertiary/aromatic N) is 4. The van der Waals surface area contributed by atoms with Crippen LogP contribution in [0.15, 0.2) is 66.1 Å². The topological polar surface area (TPSA) is 59.0 Å². The number of likely N-dealkylation sites (tertiary alicyclic amines) is 1. The molecule has 0 aliphatic carbocycles. The first-order valence-electron chi connectivity index (χ1n) is 10.7. The number of benzene rings is 1. The van der Waals surface area contributed by atoms with Gasteiger partial charge in [-0.3, -0.25) is 9.78 Å². The van der Waals surface area contributed by atoms with Gasteiger partial charge in [-0.1, -0.05) is 47.6 Å². The summed E-state index contributed by atoms with van der Waals surface area (Å²) in [5.74, 6) is 0.940. The van der Waals surface area contributed by atoms with Gasteiger partial charge < -0.3 is 4.90 Å². The Morgan fingerprint density at radius 3 is 2.88 bits per heavy atom. The first kappa shape index (κ1) is 22.5. The van der Waals surface area contributed by atoms with Crippen molar-refractivity contribution in [2.45, 2.75) is 36.6 Å². The molecule has 1 saturated heterocycles. The fourth-order valence-corrected chi connectivity index (χ4v) is 4.76. The zero-order valence-corrected chi connectivity index (χ0v) is 19.5. The summed E-state index contributed by atoms with van der Waals surface area (Å²) < 4.78 is 0. The van der Waals surface area contributed by atoms with Gasteiger partial charge in [-0.15, -0.1) is 0 Å². The van der Waals surface area contributed by atoms with Crippen molar-refractivity contribution < 1.29 is 4.79 Å². The second-order valence-electron chi connectivity index (χ2n) is 7.81. The van der Waals surface area contributed by atoms with Crippen LogP contribution in [-0.4, -0.2) is 38.8 Å². The van der Waals surface area contributed by atoms with E-state index in [0.717, 1.165) is 52.8 Å². The molecule has 0 N–H and O–H groups in total. The van der Waals surface area contributed by atoms with Crippen LogP contribution in [0.3, 0.4) is 0 Å². The standard InChI is InChI=1S/C25H25ClN4OS/c1-18-15-28-25(32-17-21-9-4-5-13-27-21)29-24(18)20-8-6-14-30(16-20)23(31)12-11-19-7-2-3-10-22(19)26/h2-5,7,9-13,15,20H,6,8,14,16-17H2,1H3/b12-11+/t20-/m1/s1. The number of hydrogen-bond donors (Lipinski definition) is 0. The Morgan fingerprint density at radius 2 is 2.06 bits per heavy atom. The van der Waals surface area contributed by atoms with E-state index in [1.54, 1.807) is 30.1 Å². The Balaban J connectivity index is 1.43. The van der Waals surface area contributed by atoms with E-state index in [1.807, 2.05) is 60.5 Å². The molecule has 1 atom stereocenters. The van der Waals surface area contributed by atoms with Crippen LogP contribution in [0, 0.1) is 6.92 Å². The molecule has 4 rings (SSSR count). The van der Waals surface area contributed by atoms with E-state index in [2.05, 4.69) is 9.97 Å². The van der Waals surface area contributed by atoms with Crippen molar-refractivity contribution in [3.63, 3.8) is 0 Å². The summed E-state index contributed by atoms with van der Waals surface area (Å²) in [6.45, 7) is 3.46. The third-order valence-corrected chi connectivity index (χ3v) is 6.73. The van der Waals surface area contributed by atoms with Gasteiger partial charge in [0.05, 0.1) is 11.4 Å². The van der Waals surface area contributed by atoms with Crippen LogP contribution in [0.2, 0.25) is 5.02 Å². The van der Waals surface area contributed by atoms with Crippen LogP contribution < -0.4 is 0 Å². The number of hydrogen-bond acceptors (Lipinski definition) is 5. The number of amides is 1. The molecule has 0 bridgehead atoms. The largest absolute Gasteiger partial charge is 0.338 e. The predicted octanol–water partition coefficient (Wildman–Crippen LogP) is 5.55. The first-order valence-corrected chi connectivity index (χ1v) is 12.0. The highest BCUT2D eigenvalue weighted by Crippen LogP contribution is 2.30. The van der Waals surface area contributed by atoms with Gasteiger partial charge in [0.2, 0.25) is 5.91 Å². The van der Waals surface area contributed by atoms with Gasteiger partial charge in [0, 0.05) is 48.3 Å². The van der Waals surface area contributed by atoms with Gasteiger partial charge in [0.15, 0.2) is 5.16 Å². The fourth-order valence-electron chi connectivity index (χ4n) is 3.82. The predicted molar refractivity (Wildman–Crippen MR) is 130 cm³/mol. The molecule has 0 spiro atoms. The Bertz CT molecular complexity index is 1110. The number of carbonyl (C=O) groups is 1. The maximum absolute atomic E-state index is 12.8. The van der Waals surface area contributed by atoms with Gasteiger partial charge in [-0.05, 0) is 55.2 Å². The van der Waals surface area contributed by atoms with E-state index in [-0.39, 0.29) is 11.8 Å². The van der Waals surface area contributed by atoms with Gasteiger partial charge in [0.1, 0.15) is 0 Å². The van der Waals surface area contributed by atoms with Crippen LogP contribution >= 0.6 is 23.4 Å². The number of halogens is 1. The second-order valence-corrected chi connectivity index (χ2v) is 9.16. The van der Waals surface area contributed by atoms with Crippen molar-refractivity contribution >= 4 is 35.3 Å². The minimum absolute atomic E-state index is 0.00563. The molecule has 5 nitrogen and oxygen atoms in total. The van der Waals surface area contributed by atoms with Crippen LogP contribution in [0.25, 0.3) is 6.08 Å². The second kappa shape index (κ2) is 10.7. The third-order valence-electron chi connectivity index (χ3n) is 5.49. The Labute approximate surface area is 198 Å². The number of aromatic nitrogens is 3. The van der Waals surface area contributed by atoms with Crippen molar-refractivity contribution in [2.75, 3.05) is 13.1 Å². The van der Waals surface area contributed by atoms with Gasteiger partial charge >= 0.3 is 0 Å². The third kappa shape index (κ3) is 5.75. The molecule has 3 heterocycles. The molecule has 7 heteroatoms. The normalized spacial score (nSPS) is 16.4. The van der Waals surface area contributed by atoms with E-state index in [0.29, 0.717) is 11.6 Å². The summed E-state index contributed by atoms with van der Waals surface area (Å²) in [7, 11) is 0. The average Bonchev–Trinajstić information content (AvgIpc) is 2.83. The molecule has 32 heavy (non-hydrogen) atoms. The molecular formula is C25H25ClN4OS. The monoisotopic (exact) mass is 464 g/mol. The molecule has 3 aromatic rings. The summed E-state index contributed by atoms with van der Waals surface area (Å²) in [6, 6.07) is 13.4. The molecule has 0 radical (unpaired) electrons. The van der Waals surface area contributed by atoms with Crippen molar-refractivity contribution in [3.8, 4) is 0 Å². The highest BCUT2D eigenvalue weighted by Gasteiger charge is 2.26. The van der Waals surface area contributed by atoms with E-state index in [4.69, 9.17) is 16.6 Å². The molecule has 0 unspecified atom stereocenters.